The van der Waals surface area contributed by atoms with Crippen LogP contribution < -0.4 is 4.74 Å². The van der Waals surface area contributed by atoms with E-state index < -0.39 is 0 Å². The number of nitrogens with zero attached hydrogens (tertiary/aromatic N) is 2. The second kappa shape index (κ2) is 7.81. The number of amides is 1. The molecule has 1 aliphatic heterocycles. The molecule has 0 saturated carbocycles. The van der Waals surface area contributed by atoms with E-state index in [9.17, 15) is 4.79 Å². The molecule has 142 valence electrons. The Labute approximate surface area is 173 Å². The number of carbonyl (C=O) groups is 1. The summed E-state index contributed by atoms with van der Waals surface area (Å²) >= 11 is 6.58. The molecule has 1 fully saturated rings. The number of rotatable bonds is 5. The van der Waals surface area contributed by atoms with E-state index in [1.54, 1.807) is 7.05 Å². The summed E-state index contributed by atoms with van der Waals surface area (Å²) in [5.74, 6) is 0.862. The third kappa shape index (κ3) is 3.57. The van der Waals surface area contributed by atoms with E-state index in [2.05, 4.69) is 22.9 Å². The van der Waals surface area contributed by atoms with Crippen LogP contribution in [0.5, 0.6) is 5.75 Å². The third-order valence-electron chi connectivity index (χ3n) is 4.78. The molecule has 0 atom stereocenters. The van der Waals surface area contributed by atoms with Crippen molar-refractivity contribution in [1.29, 1.82) is 0 Å². The Kier molecular flexibility index (Phi) is 5.24. The minimum Gasteiger partial charge on any atom is -0.491 e. The minimum atomic E-state index is -0.0466. The molecule has 6 heteroatoms. The van der Waals surface area contributed by atoms with Crippen molar-refractivity contribution in [2.45, 2.75) is 13.5 Å². The summed E-state index contributed by atoms with van der Waals surface area (Å²) in [4.78, 5) is 14.5. The number of benzene rings is 2. The van der Waals surface area contributed by atoms with Gasteiger partial charge in [-0.3, -0.25) is 9.69 Å². The first-order valence-electron chi connectivity index (χ1n) is 9.02. The molecule has 0 N–H and O–H groups in total. The molecule has 0 aliphatic carbocycles. The summed E-state index contributed by atoms with van der Waals surface area (Å²) in [6, 6.07) is 16.2. The number of thioether (sulfide) groups is 1. The van der Waals surface area contributed by atoms with E-state index in [1.807, 2.05) is 49.4 Å². The van der Waals surface area contributed by atoms with Gasteiger partial charge in [0.25, 0.3) is 5.91 Å². The highest BCUT2D eigenvalue weighted by Crippen LogP contribution is 2.33. The van der Waals surface area contributed by atoms with E-state index in [-0.39, 0.29) is 5.91 Å². The number of hydrogen-bond donors (Lipinski definition) is 0. The van der Waals surface area contributed by atoms with Gasteiger partial charge in [0.05, 0.1) is 11.4 Å². The number of ether oxygens (including phenoxy) is 1. The lowest BCUT2D eigenvalue weighted by molar-refractivity contribution is -0.121. The molecule has 1 amide bonds. The van der Waals surface area contributed by atoms with Crippen LogP contribution in [0, 0.1) is 6.92 Å². The number of fused-ring (bicyclic) bond motifs is 1. The predicted octanol–water partition coefficient (Wildman–Crippen LogP) is 4.86. The molecular formula is C22H20N2O2S2. The monoisotopic (exact) mass is 408 g/mol. The number of aryl methyl sites for hydroxylation is 1. The second-order valence-corrected chi connectivity index (χ2v) is 8.33. The average molecular weight is 409 g/mol. The number of thiocarbonyl (C=S) groups is 1. The smallest absolute Gasteiger partial charge is 0.265 e. The molecule has 1 saturated heterocycles. The zero-order valence-electron chi connectivity index (χ0n) is 15.7. The van der Waals surface area contributed by atoms with Gasteiger partial charge in [-0.25, -0.2) is 0 Å². The van der Waals surface area contributed by atoms with Gasteiger partial charge in [-0.15, -0.1) is 0 Å². The van der Waals surface area contributed by atoms with E-state index in [1.165, 1.54) is 16.7 Å². The summed E-state index contributed by atoms with van der Waals surface area (Å²) in [6.45, 7) is 3.33. The summed E-state index contributed by atoms with van der Waals surface area (Å²) in [6.07, 6.45) is 4.01. The average Bonchev–Trinajstić information content (AvgIpc) is 3.16. The van der Waals surface area contributed by atoms with Gasteiger partial charge in [0.2, 0.25) is 0 Å². The van der Waals surface area contributed by atoms with Crippen molar-refractivity contribution in [2.75, 3.05) is 13.7 Å². The highest BCUT2D eigenvalue weighted by atomic mass is 32.2. The number of hydrogen-bond acceptors (Lipinski definition) is 4. The zero-order valence-corrected chi connectivity index (χ0v) is 17.3. The summed E-state index contributed by atoms with van der Waals surface area (Å²) in [7, 11) is 1.71. The maximum atomic E-state index is 12.3. The molecule has 28 heavy (non-hydrogen) atoms. The molecule has 3 aromatic rings. The molecule has 4 nitrogen and oxygen atoms in total. The normalized spacial score (nSPS) is 15.8. The van der Waals surface area contributed by atoms with Gasteiger partial charge in [0, 0.05) is 29.7 Å². The fourth-order valence-corrected chi connectivity index (χ4v) is 4.40. The highest BCUT2D eigenvalue weighted by molar-refractivity contribution is 8.26. The van der Waals surface area contributed by atoms with Gasteiger partial charge >= 0.3 is 0 Å². The molecule has 1 aliphatic rings. The SMILES string of the molecule is Cc1ccccc1OCCn1cc(C=C2SC(=S)N(C)C2=O)c2ccccc21. The van der Waals surface area contributed by atoms with Crippen molar-refractivity contribution in [2.24, 2.45) is 0 Å². The van der Waals surface area contributed by atoms with Crippen LogP contribution in [-0.2, 0) is 11.3 Å². The van der Waals surface area contributed by atoms with E-state index >= 15 is 0 Å². The van der Waals surface area contributed by atoms with Crippen molar-refractivity contribution in [3.05, 3.63) is 70.8 Å². The Morgan fingerprint density at radius 1 is 1.14 bits per heavy atom. The van der Waals surface area contributed by atoms with Crippen LogP contribution in [0.3, 0.4) is 0 Å². The molecule has 1 aromatic heterocycles. The predicted molar refractivity (Wildman–Crippen MR) is 120 cm³/mol. The van der Waals surface area contributed by atoms with Crippen LogP contribution in [-0.4, -0.2) is 33.3 Å². The molecular weight excluding hydrogens is 388 g/mol. The first-order valence-corrected chi connectivity index (χ1v) is 10.2. The Morgan fingerprint density at radius 2 is 1.89 bits per heavy atom. The number of aromatic nitrogens is 1. The van der Waals surface area contributed by atoms with Gasteiger partial charge in [0.1, 0.15) is 16.7 Å². The zero-order chi connectivity index (χ0) is 19.7. The van der Waals surface area contributed by atoms with Gasteiger partial charge in [-0.05, 0) is 30.7 Å². The van der Waals surface area contributed by atoms with Crippen molar-refractivity contribution < 1.29 is 9.53 Å². The third-order valence-corrected chi connectivity index (χ3v) is 6.26. The van der Waals surface area contributed by atoms with Crippen LogP contribution in [0.2, 0.25) is 0 Å². The Bertz CT molecular complexity index is 1100. The Hall–Kier alpha value is -2.57. The van der Waals surface area contributed by atoms with Crippen molar-refractivity contribution >= 4 is 51.2 Å². The fraction of sp³-hybridized carbons (Fsp3) is 0.182. The van der Waals surface area contributed by atoms with Crippen LogP contribution in [0.25, 0.3) is 17.0 Å². The first-order chi connectivity index (χ1) is 13.5. The van der Waals surface area contributed by atoms with Crippen LogP contribution in [0.15, 0.2) is 59.6 Å². The lowest BCUT2D eigenvalue weighted by atomic mass is 10.1. The Morgan fingerprint density at radius 3 is 2.64 bits per heavy atom. The largest absolute Gasteiger partial charge is 0.491 e. The molecule has 0 bridgehead atoms. The maximum absolute atomic E-state index is 12.3. The molecule has 4 rings (SSSR count). The minimum absolute atomic E-state index is 0.0466. The lowest BCUT2D eigenvalue weighted by Crippen LogP contribution is -2.22. The van der Waals surface area contributed by atoms with E-state index in [0.717, 1.165) is 34.3 Å². The van der Waals surface area contributed by atoms with Gasteiger partial charge in [-0.1, -0.05) is 60.4 Å². The second-order valence-electron chi connectivity index (χ2n) is 6.65. The van der Waals surface area contributed by atoms with Gasteiger partial charge < -0.3 is 9.30 Å². The van der Waals surface area contributed by atoms with Crippen LogP contribution in [0.1, 0.15) is 11.1 Å². The molecule has 2 heterocycles. The number of para-hydroxylation sites is 2. The summed E-state index contributed by atoms with van der Waals surface area (Å²) in [5.41, 5.74) is 3.26. The molecule has 0 spiro atoms. The van der Waals surface area contributed by atoms with Crippen molar-refractivity contribution in [1.82, 2.24) is 9.47 Å². The highest BCUT2D eigenvalue weighted by Gasteiger charge is 2.29. The van der Waals surface area contributed by atoms with Crippen molar-refractivity contribution in [3.63, 3.8) is 0 Å². The van der Waals surface area contributed by atoms with Gasteiger partial charge in [0.15, 0.2) is 0 Å². The van der Waals surface area contributed by atoms with Gasteiger partial charge in [-0.2, -0.15) is 0 Å². The Balaban J connectivity index is 1.59. The molecule has 0 radical (unpaired) electrons. The molecule has 2 aromatic carbocycles. The lowest BCUT2D eigenvalue weighted by Gasteiger charge is -2.10. The summed E-state index contributed by atoms with van der Waals surface area (Å²) < 4.78 is 8.72. The van der Waals surface area contributed by atoms with E-state index in [4.69, 9.17) is 17.0 Å². The maximum Gasteiger partial charge on any atom is 0.265 e. The van der Waals surface area contributed by atoms with E-state index in [0.29, 0.717) is 15.8 Å². The van der Waals surface area contributed by atoms with Crippen LogP contribution >= 0.6 is 24.0 Å². The summed E-state index contributed by atoms with van der Waals surface area (Å²) in [5, 5.41) is 1.11. The fourth-order valence-electron chi connectivity index (χ4n) is 3.23. The number of likely N-dealkylation sites (N-methyl/N-ethyl adjacent to an activating group) is 1. The topological polar surface area (TPSA) is 34.5 Å². The molecule has 0 unspecified atom stereocenters. The standard InChI is InChI=1S/C22H20N2O2S2/c1-15-7-3-6-10-19(15)26-12-11-24-14-16(17-8-4-5-9-18(17)24)13-20-21(25)23(2)22(27)28-20/h3-10,13-14H,11-12H2,1-2H3. The quantitative estimate of drug-likeness (QED) is 0.446. The first kappa shape index (κ1) is 18.8. The van der Waals surface area contributed by atoms with Crippen molar-refractivity contribution in [3.8, 4) is 5.75 Å². The van der Waals surface area contributed by atoms with Crippen LogP contribution in [0.4, 0.5) is 0 Å². The number of carbonyl (C=O) groups excluding carboxylic acids is 1.